The standard InChI is InChI=1S/C9H12N2O/c10-7-3-4-8(11-5-7)9(12)6-1-2-6/h3-6,9,12H,1-2,10H2. The van der Waals surface area contributed by atoms with Crippen molar-refractivity contribution in [1.29, 1.82) is 0 Å². The van der Waals surface area contributed by atoms with E-state index in [2.05, 4.69) is 4.98 Å². The predicted molar refractivity (Wildman–Crippen MR) is 46.3 cm³/mol. The van der Waals surface area contributed by atoms with Gasteiger partial charge >= 0.3 is 0 Å². The van der Waals surface area contributed by atoms with Crippen LogP contribution in [0.1, 0.15) is 24.6 Å². The van der Waals surface area contributed by atoms with Gasteiger partial charge in [-0.05, 0) is 30.9 Å². The molecule has 3 nitrogen and oxygen atoms in total. The van der Waals surface area contributed by atoms with Gasteiger partial charge in [0.15, 0.2) is 0 Å². The Morgan fingerprint density at radius 3 is 2.75 bits per heavy atom. The van der Waals surface area contributed by atoms with Crippen LogP contribution in [0, 0.1) is 5.92 Å². The summed E-state index contributed by atoms with van der Waals surface area (Å²) in [6, 6.07) is 3.56. The Balaban J connectivity index is 2.16. The molecule has 1 aromatic heterocycles. The van der Waals surface area contributed by atoms with Gasteiger partial charge in [-0.15, -0.1) is 0 Å². The molecule has 0 aromatic carbocycles. The second-order valence-electron chi connectivity index (χ2n) is 3.30. The largest absolute Gasteiger partial charge is 0.397 e. The van der Waals surface area contributed by atoms with Crippen molar-refractivity contribution in [2.24, 2.45) is 5.92 Å². The minimum absolute atomic E-state index is 0.384. The van der Waals surface area contributed by atoms with Crippen LogP contribution in [-0.2, 0) is 0 Å². The summed E-state index contributed by atoms with van der Waals surface area (Å²) in [5.41, 5.74) is 6.86. The Bertz CT molecular complexity index is 266. The minimum atomic E-state index is -0.384. The molecule has 64 valence electrons. The third-order valence-corrected chi connectivity index (χ3v) is 2.18. The number of aliphatic hydroxyl groups excluding tert-OH is 1. The van der Waals surface area contributed by atoms with Crippen LogP contribution in [0.25, 0.3) is 0 Å². The van der Waals surface area contributed by atoms with Crippen LogP contribution >= 0.6 is 0 Å². The molecule has 0 spiro atoms. The first-order valence-electron chi connectivity index (χ1n) is 4.17. The first-order valence-corrected chi connectivity index (χ1v) is 4.17. The van der Waals surface area contributed by atoms with Crippen LogP contribution in [0.2, 0.25) is 0 Å². The van der Waals surface area contributed by atoms with Crippen LogP contribution in [0.5, 0.6) is 0 Å². The summed E-state index contributed by atoms with van der Waals surface area (Å²) in [5.74, 6) is 0.432. The molecule has 0 saturated heterocycles. The maximum Gasteiger partial charge on any atom is 0.0987 e. The zero-order chi connectivity index (χ0) is 8.55. The Hall–Kier alpha value is -1.09. The molecule has 1 aromatic rings. The van der Waals surface area contributed by atoms with Gasteiger partial charge in [0.2, 0.25) is 0 Å². The van der Waals surface area contributed by atoms with Crippen LogP contribution in [0.3, 0.4) is 0 Å². The van der Waals surface area contributed by atoms with E-state index in [0.29, 0.717) is 11.6 Å². The van der Waals surface area contributed by atoms with Crippen molar-refractivity contribution in [3.63, 3.8) is 0 Å². The Morgan fingerprint density at radius 2 is 2.25 bits per heavy atom. The summed E-state index contributed by atoms with van der Waals surface area (Å²) in [4.78, 5) is 4.06. The normalized spacial score (nSPS) is 19.1. The van der Waals surface area contributed by atoms with E-state index in [1.54, 1.807) is 18.3 Å². The smallest absolute Gasteiger partial charge is 0.0987 e. The quantitative estimate of drug-likeness (QED) is 0.688. The van der Waals surface area contributed by atoms with Gasteiger partial charge in [-0.3, -0.25) is 4.98 Å². The summed E-state index contributed by atoms with van der Waals surface area (Å²) in [5, 5.41) is 9.65. The third-order valence-electron chi connectivity index (χ3n) is 2.18. The molecule has 0 radical (unpaired) electrons. The van der Waals surface area contributed by atoms with Gasteiger partial charge < -0.3 is 10.8 Å². The van der Waals surface area contributed by atoms with Gasteiger partial charge in [0.1, 0.15) is 0 Å². The summed E-state index contributed by atoms with van der Waals surface area (Å²) in [7, 11) is 0. The number of pyridine rings is 1. The maximum absolute atomic E-state index is 9.65. The van der Waals surface area contributed by atoms with Gasteiger partial charge in [0.25, 0.3) is 0 Å². The van der Waals surface area contributed by atoms with E-state index in [1.807, 2.05) is 0 Å². The highest BCUT2D eigenvalue weighted by atomic mass is 16.3. The lowest BCUT2D eigenvalue weighted by atomic mass is 10.1. The van der Waals surface area contributed by atoms with Crippen molar-refractivity contribution >= 4 is 5.69 Å². The van der Waals surface area contributed by atoms with Crippen molar-refractivity contribution in [3.8, 4) is 0 Å². The molecule has 1 saturated carbocycles. The fourth-order valence-electron chi connectivity index (χ4n) is 1.25. The summed E-state index contributed by atoms with van der Waals surface area (Å²) in [6.45, 7) is 0. The number of nitrogens with two attached hydrogens (primary N) is 1. The average Bonchev–Trinajstić information content (AvgIpc) is 2.87. The number of nitrogens with zero attached hydrogens (tertiary/aromatic N) is 1. The first kappa shape index (κ1) is 7.55. The lowest BCUT2D eigenvalue weighted by molar-refractivity contribution is 0.149. The molecule has 1 unspecified atom stereocenters. The number of aromatic nitrogens is 1. The Morgan fingerprint density at radius 1 is 1.50 bits per heavy atom. The van der Waals surface area contributed by atoms with Gasteiger partial charge in [0.05, 0.1) is 23.7 Å². The van der Waals surface area contributed by atoms with Crippen molar-refractivity contribution in [1.82, 2.24) is 4.98 Å². The zero-order valence-electron chi connectivity index (χ0n) is 6.77. The van der Waals surface area contributed by atoms with E-state index < -0.39 is 0 Å². The van der Waals surface area contributed by atoms with Crippen LogP contribution in [-0.4, -0.2) is 10.1 Å². The molecule has 0 aliphatic heterocycles. The molecule has 3 heteroatoms. The molecular weight excluding hydrogens is 152 g/mol. The zero-order valence-corrected chi connectivity index (χ0v) is 6.77. The van der Waals surface area contributed by atoms with E-state index in [-0.39, 0.29) is 6.10 Å². The van der Waals surface area contributed by atoms with Crippen molar-refractivity contribution in [2.45, 2.75) is 18.9 Å². The number of hydrogen-bond acceptors (Lipinski definition) is 3. The average molecular weight is 164 g/mol. The maximum atomic E-state index is 9.65. The number of hydrogen-bond donors (Lipinski definition) is 2. The van der Waals surface area contributed by atoms with Crippen LogP contribution < -0.4 is 5.73 Å². The van der Waals surface area contributed by atoms with Crippen LogP contribution in [0.15, 0.2) is 18.3 Å². The highest BCUT2D eigenvalue weighted by molar-refractivity contribution is 5.35. The molecule has 2 rings (SSSR count). The predicted octanol–water partition coefficient (Wildman–Crippen LogP) is 1.11. The van der Waals surface area contributed by atoms with Gasteiger partial charge in [-0.25, -0.2) is 0 Å². The van der Waals surface area contributed by atoms with E-state index in [0.717, 1.165) is 18.5 Å². The van der Waals surface area contributed by atoms with Gasteiger partial charge in [0, 0.05) is 0 Å². The lowest BCUT2D eigenvalue weighted by Gasteiger charge is -2.07. The summed E-state index contributed by atoms with van der Waals surface area (Å²) >= 11 is 0. The van der Waals surface area contributed by atoms with E-state index in [9.17, 15) is 5.11 Å². The minimum Gasteiger partial charge on any atom is -0.397 e. The van der Waals surface area contributed by atoms with E-state index in [4.69, 9.17) is 5.73 Å². The fourth-order valence-corrected chi connectivity index (χ4v) is 1.25. The molecule has 0 bridgehead atoms. The topological polar surface area (TPSA) is 59.1 Å². The van der Waals surface area contributed by atoms with Crippen molar-refractivity contribution < 1.29 is 5.11 Å². The highest BCUT2D eigenvalue weighted by Crippen LogP contribution is 2.40. The van der Waals surface area contributed by atoms with Gasteiger partial charge in [-0.1, -0.05) is 0 Å². The van der Waals surface area contributed by atoms with E-state index in [1.165, 1.54) is 0 Å². The van der Waals surface area contributed by atoms with Gasteiger partial charge in [-0.2, -0.15) is 0 Å². The monoisotopic (exact) mass is 164 g/mol. The number of anilines is 1. The first-order chi connectivity index (χ1) is 5.77. The molecular formula is C9H12N2O. The molecule has 1 heterocycles. The molecule has 3 N–H and O–H groups in total. The molecule has 12 heavy (non-hydrogen) atoms. The van der Waals surface area contributed by atoms with Crippen molar-refractivity contribution in [3.05, 3.63) is 24.0 Å². The molecule has 0 amide bonds. The van der Waals surface area contributed by atoms with E-state index >= 15 is 0 Å². The molecule has 1 atom stereocenters. The molecule has 1 aliphatic carbocycles. The second kappa shape index (κ2) is 2.75. The molecule has 1 fully saturated rings. The Labute approximate surface area is 71.2 Å². The number of aliphatic hydroxyl groups is 1. The van der Waals surface area contributed by atoms with Crippen molar-refractivity contribution in [2.75, 3.05) is 5.73 Å². The summed E-state index contributed by atoms with van der Waals surface area (Å²) in [6.07, 6.45) is 3.44. The summed E-state index contributed by atoms with van der Waals surface area (Å²) < 4.78 is 0. The highest BCUT2D eigenvalue weighted by Gasteiger charge is 2.31. The number of rotatable bonds is 2. The Kier molecular flexibility index (Phi) is 1.73. The molecule has 1 aliphatic rings. The lowest BCUT2D eigenvalue weighted by Crippen LogP contribution is -2.02. The number of nitrogen functional groups attached to an aromatic ring is 1. The fraction of sp³-hybridized carbons (Fsp3) is 0.444. The van der Waals surface area contributed by atoms with Crippen LogP contribution in [0.4, 0.5) is 5.69 Å². The SMILES string of the molecule is Nc1ccc(C(O)C2CC2)nc1. The second-order valence-corrected chi connectivity index (χ2v) is 3.30. The third kappa shape index (κ3) is 1.41.